The Kier molecular flexibility index (Phi) is 10.1. The van der Waals surface area contributed by atoms with Crippen LogP contribution in [0.25, 0.3) is 0 Å². The Morgan fingerprint density at radius 2 is 1.76 bits per heavy atom. The number of nitrogens with zero attached hydrogens (tertiary/aromatic N) is 3. The molecule has 1 aliphatic heterocycles. The quantitative estimate of drug-likeness (QED) is 0.437. The first kappa shape index (κ1) is 29.0. The fourth-order valence-electron chi connectivity index (χ4n) is 4.07. The molecule has 206 valence electrons. The second kappa shape index (κ2) is 13.3. The van der Waals surface area contributed by atoms with E-state index in [-0.39, 0.29) is 29.7 Å². The molecule has 2 N–H and O–H groups in total. The van der Waals surface area contributed by atoms with Gasteiger partial charge < -0.3 is 15.0 Å². The van der Waals surface area contributed by atoms with Gasteiger partial charge in [0, 0.05) is 44.2 Å². The van der Waals surface area contributed by atoms with Crippen molar-refractivity contribution in [1.29, 1.82) is 0 Å². The van der Waals surface area contributed by atoms with Gasteiger partial charge in [-0.15, -0.1) is 0 Å². The fraction of sp³-hybridized carbons (Fsp3) is 0.483. The Hall–Kier alpha value is -3.59. The maximum Gasteiger partial charge on any atom is 0.238 e. The molecule has 2 aromatic carbocycles. The minimum atomic E-state index is -0.109. The molecular formula is C29H41N5O4. The number of para-hydroxylation sites is 1. The minimum absolute atomic E-state index is 0.0103. The number of hydrogen-bond donors (Lipinski definition) is 2. The van der Waals surface area contributed by atoms with Crippen molar-refractivity contribution >= 4 is 29.1 Å². The number of anilines is 2. The first-order valence-electron chi connectivity index (χ1n) is 13.2. The average molecular weight is 524 g/mol. The van der Waals surface area contributed by atoms with Crippen LogP contribution in [0.1, 0.15) is 52.5 Å². The molecule has 0 aromatic heterocycles. The van der Waals surface area contributed by atoms with E-state index in [1.807, 2.05) is 53.4 Å². The standard InChI is InChI=1S/C29H41N5O4/c1-6-26(35)31-34-21-33(19-27(36)30-20-29(2,3)4)18-23-24(34)14-10-15-25(23)38-17-11-16-28(37)32(5)22-12-8-7-9-13-22/h7-10,12-15H,6,11,16-21H2,1-5H3,(H,30,36)(H,31,35). The Balaban J connectivity index is 1.65. The van der Waals surface area contributed by atoms with Crippen LogP contribution in [-0.4, -0.2) is 56.0 Å². The van der Waals surface area contributed by atoms with E-state index in [1.165, 1.54) is 0 Å². The van der Waals surface area contributed by atoms with Crippen LogP contribution < -0.4 is 25.4 Å². The second-order valence-electron chi connectivity index (χ2n) is 10.8. The molecule has 1 heterocycles. The Labute approximate surface area is 226 Å². The number of amides is 3. The molecule has 9 nitrogen and oxygen atoms in total. The van der Waals surface area contributed by atoms with Crippen molar-refractivity contribution in [1.82, 2.24) is 15.6 Å². The first-order chi connectivity index (χ1) is 18.1. The van der Waals surface area contributed by atoms with Gasteiger partial charge in [0.05, 0.1) is 25.5 Å². The minimum Gasteiger partial charge on any atom is -0.493 e. The van der Waals surface area contributed by atoms with Gasteiger partial charge in [-0.05, 0) is 36.1 Å². The van der Waals surface area contributed by atoms with Crippen molar-refractivity contribution in [2.45, 2.75) is 53.5 Å². The summed E-state index contributed by atoms with van der Waals surface area (Å²) in [5.41, 5.74) is 5.52. The third kappa shape index (κ3) is 8.48. The molecule has 0 bridgehead atoms. The normalized spacial score (nSPS) is 13.4. The van der Waals surface area contributed by atoms with Crippen molar-refractivity contribution in [3.8, 4) is 5.75 Å². The molecular weight excluding hydrogens is 482 g/mol. The van der Waals surface area contributed by atoms with E-state index in [1.54, 1.807) is 23.9 Å². The van der Waals surface area contributed by atoms with Crippen molar-refractivity contribution in [3.63, 3.8) is 0 Å². The molecule has 0 aliphatic carbocycles. The molecule has 0 unspecified atom stereocenters. The number of fused-ring (bicyclic) bond motifs is 1. The van der Waals surface area contributed by atoms with Gasteiger partial charge in [-0.25, -0.2) is 0 Å². The largest absolute Gasteiger partial charge is 0.493 e. The topological polar surface area (TPSA) is 94.2 Å². The zero-order chi connectivity index (χ0) is 27.7. The van der Waals surface area contributed by atoms with Crippen LogP contribution in [0.4, 0.5) is 11.4 Å². The zero-order valence-corrected chi connectivity index (χ0v) is 23.3. The molecule has 0 spiro atoms. The lowest BCUT2D eigenvalue weighted by atomic mass is 9.97. The van der Waals surface area contributed by atoms with E-state index in [4.69, 9.17) is 4.74 Å². The molecule has 0 saturated carbocycles. The van der Waals surface area contributed by atoms with Gasteiger partial charge in [0.25, 0.3) is 0 Å². The number of hydrogen-bond acceptors (Lipinski definition) is 6. The van der Waals surface area contributed by atoms with Crippen LogP contribution in [0, 0.1) is 5.41 Å². The van der Waals surface area contributed by atoms with Crippen LogP contribution in [0.5, 0.6) is 5.75 Å². The van der Waals surface area contributed by atoms with Gasteiger partial charge in [0.1, 0.15) is 5.75 Å². The monoisotopic (exact) mass is 523 g/mol. The van der Waals surface area contributed by atoms with E-state index in [2.05, 4.69) is 31.5 Å². The van der Waals surface area contributed by atoms with Crippen LogP contribution in [0.15, 0.2) is 48.5 Å². The molecule has 0 atom stereocenters. The highest BCUT2D eigenvalue weighted by Gasteiger charge is 2.28. The smallest absolute Gasteiger partial charge is 0.238 e. The van der Waals surface area contributed by atoms with Crippen LogP contribution >= 0.6 is 0 Å². The third-order valence-electron chi connectivity index (χ3n) is 6.20. The summed E-state index contributed by atoms with van der Waals surface area (Å²) in [6.07, 6.45) is 1.27. The lowest BCUT2D eigenvalue weighted by Crippen LogP contribution is -2.53. The first-order valence-corrected chi connectivity index (χ1v) is 13.2. The summed E-state index contributed by atoms with van der Waals surface area (Å²) in [7, 11) is 1.78. The van der Waals surface area contributed by atoms with Crippen LogP contribution in [-0.2, 0) is 20.9 Å². The van der Waals surface area contributed by atoms with E-state index >= 15 is 0 Å². The number of benzene rings is 2. The van der Waals surface area contributed by atoms with E-state index < -0.39 is 0 Å². The Morgan fingerprint density at radius 1 is 1.03 bits per heavy atom. The van der Waals surface area contributed by atoms with Crippen molar-refractivity contribution in [3.05, 3.63) is 54.1 Å². The van der Waals surface area contributed by atoms with Crippen molar-refractivity contribution < 1.29 is 19.1 Å². The summed E-state index contributed by atoms with van der Waals surface area (Å²) in [5.74, 6) is 0.532. The molecule has 38 heavy (non-hydrogen) atoms. The predicted molar refractivity (Wildman–Crippen MR) is 150 cm³/mol. The summed E-state index contributed by atoms with van der Waals surface area (Å²) < 4.78 is 6.13. The number of carbonyl (C=O) groups excluding carboxylic acids is 3. The number of rotatable bonds is 11. The number of hydrazine groups is 1. The van der Waals surface area contributed by atoms with Gasteiger partial charge in [-0.1, -0.05) is 52.0 Å². The van der Waals surface area contributed by atoms with Crippen molar-refractivity contribution in [2.24, 2.45) is 5.41 Å². The van der Waals surface area contributed by atoms with Gasteiger partial charge in [-0.2, -0.15) is 0 Å². The lowest BCUT2D eigenvalue weighted by Gasteiger charge is -2.38. The zero-order valence-electron chi connectivity index (χ0n) is 23.3. The highest BCUT2D eigenvalue weighted by atomic mass is 16.5. The van der Waals surface area contributed by atoms with E-state index in [9.17, 15) is 14.4 Å². The molecule has 3 rings (SSSR count). The van der Waals surface area contributed by atoms with Gasteiger partial charge in [0.2, 0.25) is 17.7 Å². The molecule has 0 fully saturated rings. The number of carbonyl (C=O) groups is 3. The van der Waals surface area contributed by atoms with Crippen LogP contribution in [0.2, 0.25) is 0 Å². The summed E-state index contributed by atoms with van der Waals surface area (Å²) in [6.45, 7) is 10.1. The summed E-state index contributed by atoms with van der Waals surface area (Å²) in [4.78, 5) is 41.1. The maximum atomic E-state index is 12.6. The summed E-state index contributed by atoms with van der Waals surface area (Å²) >= 11 is 0. The van der Waals surface area contributed by atoms with Gasteiger partial charge in [-0.3, -0.25) is 29.7 Å². The molecule has 9 heteroatoms. The van der Waals surface area contributed by atoms with Crippen LogP contribution in [0.3, 0.4) is 0 Å². The van der Waals surface area contributed by atoms with E-state index in [0.717, 1.165) is 16.9 Å². The predicted octanol–water partition coefficient (Wildman–Crippen LogP) is 3.69. The lowest BCUT2D eigenvalue weighted by molar-refractivity contribution is -0.123. The molecule has 0 saturated heterocycles. The van der Waals surface area contributed by atoms with E-state index in [0.29, 0.717) is 51.4 Å². The van der Waals surface area contributed by atoms with Gasteiger partial charge >= 0.3 is 0 Å². The molecule has 1 aliphatic rings. The van der Waals surface area contributed by atoms with Crippen molar-refractivity contribution in [2.75, 3.05) is 43.3 Å². The fourth-order valence-corrected chi connectivity index (χ4v) is 4.07. The highest BCUT2D eigenvalue weighted by Crippen LogP contribution is 2.33. The number of nitrogens with one attached hydrogen (secondary N) is 2. The summed E-state index contributed by atoms with van der Waals surface area (Å²) in [5, 5.41) is 4.77. The SMILES string of the molecule is CCC(=O)NN1CN(CC(=O)NCC(C)(C)C)Cc2c(OCCCC(=O)N(C)c3ccccc3)cccc21. The second-order valence-corrected chi connectivity index (χ2v) is 10.8. The average Bonchev–Trinajstić information content (AvgIpc) is 2.89. The Morgan fingerprint density at radius 3 is 2.45 bits per heavy atom. The molecule has 0 radical (unpaired) electrons. The summed E-state index contributed by atoms with van der Waals surface area (Å²) in [6, 6.07) is 15.3. The number of ether oxygens (including phenoxy) is 1. The third-order valence-corrected chi connectivity index (χ3v) is 6.20. The molecule has 3 amide bonds. The molecule has 2 aromatic rings. The Bertz CT molecular complexity index is 1100. The highest BCUT2D eigenvalue weighted by molar-refractivity contribution is 5.92. The van der Waals surface area contributed by atoms with Gasteiger partial charge in [0.15, 0.2) is 0 Å². The maximum absolute atomic E-state index is 12.6.